The zero-order valence-electron chi connectivity index (χ0n) is 20.9. The number of aliphatic imine (C=N–C) groups is 1. The molecule has 1 aromatic heterocycles. The molecule has 37 heavy (non-hydrogen) atoms. The van der Waals surface area contributed by atoms with Gasteiger partial charge in [0.05, 0.1) is 9.92 Å². The van der Waals surface area contributed by atoms with Gasteiger partial charge in [-0.25, -0.2) is 18.2 Å². The number of benzene rings is 1. The summed E-state index contributed by atoms with van der Waals surface area (Å²) in [6.07, 6.45) is 2.78. The van der Waals surface area contributed by atoms with Crippen LogP contribution in [-0.4, -0.2) is 55.6 Å². The Morgan fingerprint density at radius 2 is 1.78 bits per heavy atom. The molecule has 14 heteroatoms. The number of carbonyl (C=O) groups excluding carboxylic acids is 2. The minimum Gasteiger partial charge on any atom is -0.444 e. The molecule has 1 aliphatic carbocycles. The lowest BCUT2D eigenvalue weighted by Crippen LogP contribution is -2.57. The van der Waals surface area contributed by atoms with E-state index in [4.69, 9.17) is 27.8 Å². The number of guanidine groups is 1. The molecule has 0 aliphatic heterocycles. The average Bonchev–Trinajstić information content (AvgIpc) is 3.26. The maximum absolute atomic E-state index is 13.4. The number of amides is 2. The van der Waals surface area contributed by atoms with E-state index in [0.717, 1.165) is 0 Å². The van der Waals surface area contributed by atoms with E-state index in [1.54, 1.807) is 20.8 Å². The Balaban J connectivity index is 1.78. The fourth-order valence-corrected chi connectivity index (χ4v) is 5.71. The van der Waals surface area contributed by atoms with Gasteiger partial charge in [0.2, 0.25) is 15.9 Å². The molecule has 3 rings (SSSR count). The van der Waals surface area contributed by atoms with Gasteiger partial charge in [0, 0.05) is 30.1 Å². The van der Waals surface area contributed by atoms with Crippen molar-refractivity contribution in [2.45, 2.75) is 62.5 Å². The average molecular weight is 554 g/mol. The first kappa shape index (κ1) is 28.4. The number of carbonyl (C=O) groups is 2. The van der Waals surface area contributed by atoms with Crippen LogP contribution in [0.25, 0.3) is 10.8 Å². The van der Waals surface area contributed by atoms with E-state index in [2.05, 4.69) is 25.3 Å². The highest BCUT2D eigenvalue weighted by Crippen LogP contribution is 2.34. The molecule has 0 unspecified atom stereocenters. The monoisotopic (exact) mass is 553 g/mol. The van der Waals surface area contributed by atoms with Gasteiger partial charge in [0.1, 0.15) is 11.1 Å². The van der Waals surface area contributed by atoms with E-state index >= 15 is 0 Å². The molecule has 1 heterocycles. The van der Waals surface area contributed by atoms with Crippen LogP contribution >= 0.6 is 11.6 Å². The van der Waals surface area contributed by atoms with Gasteiger partial charge in [-0.3, -0.25) is 4.79 Å². The molecule has 1 aromatic carbocycles. The van der Waals surface area contributed by atoms with Crippen molar-refractivity contribution in [2.24, 2.45) is 16.5 Å². The number of alkyl carbamates (subject to hydrolysis) is 1. The Bertz CT molecular complexity index is 1310. The number of fused-ring (bicyclic) bond motifs is 1. The van der Waals surface area contributed by atoms with Gasteiger partial charge >= 0.3 is 6.09 Å². The first-order chi connectivity index (χ1) is 17.2. The fourth-order valence-electron chi connectivity index (χ4n) is 4.05. The van der Waals surface area contributed by atoms with Crippen molar-refractivity contribution in [2.75, 3.05) is 13.1 Å². The topological polar surface area (TPSA) is 191 Å². The standard InChI is InChI=1S/C23H32ClN7O5S/c1-22(2,3)36-21(33)28-11-10-27-19(32)23(8-4-5-9-23)31-37(34,35)14-6-7-15-16(12-14)18(30-20(25)26)29-13-17(15)24/h6-7,12-13,31H,4-5,8-11H2,1-3H3,(H,27,32)(H,28,33)(H4,25,26,29,30). The summed E-state index contributed by atoms with van der Waals surface area (Å²) in [5.74, 6) is -0.598. The van der Waals surface area contributed by atoms with E-state index in [9.17, 15) is 18.0 Å². The normalized spacial score (nSPS) is 15.2. The number of hydrogen-bond donors (Lipinski definition) is 5. The summed E-state index contributed by atoms with van der Waals surface area (Å²) in [5, 5.41) is 6.42. The number of rotatable bonds is 8. The summed E-state index contributed by atoms with van der Waals surface area (Å²) < 4.78 is 34.6. The smallest absolute Gasteiger partial charge is 0.407 e. The van der Waals surface area contributed by atoms with E-state index < -0.39 is 33.2 Å². The summed E-state index contributed by atoms with van der Waals surface area (Å²) in [4.78, 5) is 32.9. The molecule has 1 saturated carbocycles. The molecule has 0 saturated heterocycles. The van der Waals surface area contributed by atoms with Crippen molar-refractivity contribution >= 4 is 56.2 Å². The second-order valence-electron chi connectivity index (χ2n) is 9.75. The van der Waals surface area contributed by atoms with Gasteiger partial charge in [-0.2, -0.15) is 9.71 Å². The molecule has 2 amide bonds. The number of aromatic nitrogens is 1. The van der Waals surface area contributed by atoms with Crippen molar-refractivity contribution in [3.63, 3.8) is 0 Å². The maximum atomic E-state index is 13.4. The number of nitrogens with two attached hydrogens (primary N) is 2. The largest absolute Gasteiger partial charge is 0.444 e. The van der Waals surface area contributed by atoms with Crippen molar-refractivity contribution in [1.82, 2.24) is 20.3 Å². The summed E-state index contributed by atoms with van der Waals surface area (Å²) in [6, 6.07) is 4.29. The molecule has 202 valence electrons. The first-order valence-corrected chi connectivity index (χ1v) is 13.6. The van der Waals surface area contributed by atoms with Crippen LogP contribution in [0.2, 0.25) is 5.02 Å². The van der Waals surface area contributed by atoms with E-state index in [0.29, 0.717) is 41.5 Å². The molecule has 0 atom stereocenters. The third kappa shape index (κ3) is 7.21. The number of nitrogens with zero attached hydrogens (tertiary/aromatic N) is 2. The van der Waals surface area contributed by atoms with Crippen molar-refractivity contribution in [3.05, 3.63) is 29.4 Å². The molecular weight excluding hydrogens is 522 g/mol. The number of ether oxygens (including phenoxy) is 1. The molecule has 0 bridgehead atoms. The highest BCUT2D eigenvalue weighted by atomic mass is 35.5. The van der Waals surface area contributed by atoms with Crippen LogP contribution in [0.1, 0.15) is 46.5 Å². The predicted octanol–water partition coefficient (Wildman–Crippen LogP) is 2.03. The van der Waals surface area contributed by atoms with Crippen LogP contribution in [0.5, 0.6) is 0 Å². The summed E-state index contributed by atoms with van der Waals surface area (Å²) in [5.41, 5.74) is 8.99. The van der Waals surface area contributed by atoms with Crippen LogP contribution < -0.4 is 26.8 Å². The Morgan fingerprint density at radius 3 is 2.41 bits per heavy atom. The van der Waals surface area contributed by atoms with Crippen molar-refractivity contribution in [1.29, 1.82) is 0 Å². The second kappa shape index (κ2) is 11.1. The Morgan fingerprint density at radius 1 is 1.14 bits per heavy atom. The maximum Gasteiger partial charge on any atom is 0.407 e. The quantitative estimate of drug-likeness (QED) is 0.186. The Kier molecular flexibility index (Phi) is 8.50. The molecule has 1 fully saturated rings. The lowest BCUT2D eigenvalue weighted by atomic mass is 9.98. The van der Waals surface area contributed by atoms with E-state index in [1.165, 1.54) is 24.4 Å². The fraction of sp³-hybridized carbons (Fsp3) is 0.478. The van der Waals surface area contributed by atoms with E-state index in [-0.39, 0.29) is 29.8 Å². The van der Waals surface area contributed by atoms with Gasteiger partial charge in [0.15, 0.2) is 11.8 Å². The van der Waals surface area contributed by atoms with Crippen LogP contribution in [0, 0.1) is 0 Å². The molecule has 1 aliphatic rings. The third-order valence-corrected chi connectivity index (χ3v) is 7.47. The van der Waals surface area contributed by atoms with E-state index in [1.807, 2.05) is 0 Å². The molecule has 0 radical (unpaired) electrons. The van der Waals surface area contributed by atoms with Gasteiger partial charge < -0.3 is 26.8 Å². The lowest BCUT2D eigenvalue weighted by Gasteiger charge is -2.29. The number of pyridine rings is 1. The van der Waals surface area contributed by atoms with Gasteiger partial charge in [0.25, 0.3) is 0 Å². The third-order valence-electron chi connectivity index (χ3n) is 5.63. The zero-order chi connectivity index (χ0) is 27.4. The predicted molar refractivity (Wildman–Crippen MR) is 141 cm³/mol. The number of halogens is 1. The van der Waals surface area contributed by atoms with Gasteiger partial charge in [-0.15, -0.1) is 0 Å². The summed E-state index contributed by atoms with van der Waals surface area (Å²) in [6.45, 7) is 5.45. The lowest BCUT2D eigenvalue weighted by molar-refractivity contribution is -0.126. The number of hydrogen-bond acceptors (Lipinski definition) is 7. The summed E-state index contributed by atoms with van der Waals surface area (Å²) >= 11 is 6.22. The zero-order valence-corrected chi connectivity index (χ0v) is 22.5. The Hall–Kier alpha value is -3.16. The minimum absolute atomic E-state index is 0.0956. The van der Waals surface area contributed by atoms with Crippen molar-refractivity contribution < 1.29 is 22.7 Å². The highest BCUT2D eigenvalue weighted by molar-refractivity contribution is 7.89. The van der Waals surface area contributed by atoms with Gasteiger partial charge in [-0.05, 0) is 45.7 Å². The molecule has 7 N–H and O–H groups in total. The Labute approximate surface area is 220 Å². The molecule has 12 nitrogen and oxygen atoms in total. The van der Waals surface area contributed by atoms with Crippen LogP contribution in [0.15, 0.2) is 34.3 Å². The second-order valence-corrected chi connectivity index (χ2v) is 11.8. The number of sulfonamides is 1. The van der Waals surface area contributed by atoms with Gasteiger partial charge in [-0.1, -0.05) is 30.5 Å². The van der Waals surface area contributed by atoms with Crippen LogP contribution in [0.4, 0.5) is 10.6 Å². The highest BCUT2D eigenvalue weighted by Gasteiger charge is 2.44. The molecule has 0 spiro atoms. The molecular formula is C23H32ClN7O5S. The molecule has 2 aromatic rings. The van der Waals surface area contributed by atoms with Crippen molar-refractivity contribution in [3.8, 4) is 0 Å². The summed E-state index contributed by atoms with van der Waals surface area (Å²) in [7, 11) is -4.14. The first-order valence-electron chi connectivity index (χ1n) is 11.7. The number of nitrogens with one attached hydrogen (secondary N) is 3. The SMILES string of the molecule is CC(C)(C)OC(=O)NCCNC(=O)C1(NS(=O)(=O)c2ccc3c(Cl)cnc(N=C(N)N)c3c2)CCCC1. The van der Waals surface area contributed by atoms with Crippen LogP contribution in [-0.2, 0) is 19.6 Å². The van der Waals surface area contributed by atoms with Crippen LogP contribution in [0.3, 0.4) is 0 Å². The minimum atomic E-state index is -4.14.